The molecule has 1 aliphatic heterocycles. The van der Waals surface area contributed by atoms with Gasteiger partial charge in [0.05, 0.1) is 12.7 Å². The second-order valence-corrected chi connectivity index (χ2v) is 6.62. The van der Waals surface area contributed by atoms with Crippen LogP contribution in [0.15, 0.2) is 23.1 Å². The van der Waals surface area contributed by atoms with Gasteiger partial charge in [0.1, 0.15) is 10.7 Å². The largest absolute Gasteiger partial charge is 0.399 e. The number of sulfonamides is 1. The summed E-state index contributed by atoms with van der Waals surface area (Å²) < 4.78 is 45.4. The van der Waals surface area contributed by atoms with Crippen LogP contribution in [0.1, 0.15) is 13.8 Å². The zero-order valence-electron chi connectivity index (χ0n) is 10.8. The van der Waals surface area contributed by atoms with Crippen LogP contribution in [0.2, 0.25) is 0 Å². The predicted molar refractivity (Wildman–Crippen MR) is 69.6 cm³/mol. The number of hydrogen-bond acceptors (Lipinski definition) is 4. The van der Waals surface area contributed by atoms with Crippen LogP contribution in [-0.4, -0.2) is 38.0 Å². The van der Waals surface area contributed by atoms with Gasteiger partial charge in [0, 0.05) is 18.3 Å². The number of anilines is 1. The summed E-state index contributed by atoms with van der Waals surface area (Å²) in [5.41, 5.74) is 5.76. The van der Waals surface area contributed by atoms with E-state index in [9.17, 15) is 12.8 Å². The Labute approximate surface area is 112 Å². The molecule has 106 valence electrons. The second kappa shape index (κ2) is 5.07. The normalized spacial score (nSPS) is 25.4. The number of halogens is 1. The van der Waals surface area contributed by atoms with Crippen LogP contribution >= 0.6 is 0 Å². The SMILES string of the molecule is CC1CN(S(=O)(=O)c2cc(N)ccc2F)C(C)CO1. The van der Waals surface area contributed by atoms with Gasteiger partial charge >= 0.3 is 0 Å². The summed E-state index contributed by atoms with van der Waals surface area (Å²) in [6.45, 7) is 4.01. The summed E-state index contributed by atoms with van der Waals surface area (Å²) in [6.07, 6.45) is -0.213. The summed E-state index contributed by atoms with van der Waals surface area (Å²) in [7, 11) is -3.90. The Balaban J connectivity index is 2.44. The maximum atomic E-state index is 13.8. The van der Waals surface area contributed by atoms with E-state index in [4.69, 9.17) is 10.5 Å². The van der Waals surface area contributed by atoms with Gasteiger partial charge in [-0.1, -0.05) is 0 Å². The van der Waals surface area contributed by atoms with Gasteiger partial charge in [0.25, 0.3) is 0 Å². The molecule has 7 heteroatoms. The highest BCUT2D eigenvalue weighted by molar-refractivity contribution is 7.89. The average molecular weight is 288 g/mol. The van der Waals surface area contributed by atoms with E-state index in [0.29, 0.717) is 6.61 Å². The summed E-state index contributed by atoms with van der Waals surface area (Å²) >= 11 is 0. The molecule has 2 N–H and O–H groups in total. The Bertz CT molecular complexity index is 576. The fourth-order valence-electron chi connectivity index (χ4n) is 2.05. The third kappa shape index (κ3) is 2.72. The number of nitrogen functional groups attached to an aromatic ring is 1. The van der Waals surface area contributed by atoms with Crippen molar-refractivity contribution in [3.8, 4) is 0 Å². The minimum atomic E-state index is -3.90. The topological polar surface area (TPSA) is 72.6 Å². The van der Waals surface area contributed by atoms with E-state index >= 15 is 0 Å². The van der Waals surface area contributed by atoms with Gasteiger partial charge in [-0.05, 0) is 32.0 Å². The number of rotatable bonds is 2. The van der Waals surface area contributed by atoms with Crippen molar-refractivity contribution in [1.82, 2.24) is 4.31 Å². The monoisotopic (exact) mass is 288 g/mol. The third-order valence-electron chi connectivity index (χ3n) is 3.09. The molecule has 0 saturated carbocycles. The summed E-state index contributed by atoms with van der Waals surface area (Å²) in [5, 5.41) is 0. The molecule has 2 unspecified atom stereocenters. The Kier molecular flexibility index (Phi) is 3.80. The quantitative estimate of drug-likeness (QED) is 0.830. The lowest BCUT2D eigenvalue weighted by atomic mass is 10.2. The van der Waals surface area contributed by atoms with E-state index in [2.05, 4.69) is 0 Å². The first-order valence-corrected chi connectivity index (χ1v) is 7.45. The average Bonchev–Trinajstić information content (AvgIpc) is 2.35. The summed E-state index contributed by atoms with van der Waals surface area (Å²) in [4.78, 5) is -0.381. The maximum absolute atomic E-state index is 13.8. The molecule has 5 nitrogen and oxygen atoms in total. The highest BCUT2D eigenvalue weighted by Crippen LogP contribution is 2.25. The Morgan fingerprint density at radius 2 is 2.11 bits per heavy atom. The Morgan fingerprint density at radius 1 is 1.42 bits per heavy atom. The number of benzene rings is 1. The first-order valence-electron chi connectivity index (χ1n) is 6.01. The van der Waals surface area contributed by atoms with Crippen molar-refractivity contribution >= 4 is 15.7 Å². The van der Waals surface area contributed by atoms with E-state index < -0.39 is 15.8 Å². The van der Waals surface area contributed by atoms with Crippen molar-refractivity contribution in [2.24, 2.45) is 0 Å². The fraction of sp³-hybridized carbons (Fsp3) is 0.500. The molecule has 1 heterocycles. The van der Waals surface area contributed by atoms with Gasteiger partial charge in [-0.25, -0.2) is 12.8 Å². The molecular weight excluding hydrogens is 271 g/mol. The molecule has 1 aliphatic rings. The van der Waals surface area contributed by atoms with Crippen molar-refractivity contribution in [2.45, 2.75) is 30.9 Å². The highest BCUT2D eigenvalue weighted by atomic mass is 32.2. The maximum Gasteiger partial charge on any atom is 0.246 e. The van der Waals surface area contributed by atoms with Crippen molar-refractivity contribution in [3.63, 3.8) is 0 Å². The molecule has 19 heavy (non-hydrogen) atoms. The second-order valence-electron chi connectivity index (χ2n) is 4.76. The fourth-order valence-corrected chi connectivity index (χ4v) is 3.84. The lowest BCUT2D eigenvalue weighted by molar-refractivity contribution is -0.0171. The molecule has 0 aliphatic carbocycles. The lowest BCUT2D eigenvalue weighted by Gasteiger charge is -2.35. The minimum Gasteiger partial charge on any atom is -0.399 e. The first kappa shape index (κ1) is 14.2. The number of nitrogens with two attached hydrogens (primary N) is 1. The molecule has 1 aromatic rings. The van der Waals surface area contributed by atoms with Crippen LogP contribution in [-0.2, 0) is 14.8 Å². The van der Waals surface area contributed by atoms with Gasteiger partial charge in [0.2, 0.25) is 10.0 Å². The summed E-state index contributed by atoms with van der Waals surface area (Å²) in [5.74, 6) is -0.791. The molecule has 2 atom stereocenters. The Morgan fingerprint density at radius 3 is 2.79 bits per heavy atom. The number of ether oxygens (including phenoxy) is 1. The molecule has 0 bridgehead atoms. The van der Waals surface area contributed by atoms with Crippen molar-refractivity contribution in [1.29, 1.82) is 0 Å². The minimum absolute atomic E-state index is 0.206. The molecule has 1 aromatic carbocycles. The van der Waals surface area contributed by atoms with E-state index in [1.165, 1.54) is 10.4 Å². The van der Waals surface area contributed by atoms with Crippen molar-refractivity contribution in [2.75, 3.05) is 18.9 Å². The van der Waals surface area contributed by atoms with E-state index in [0.717, 1.165) is 12.1 Å². The van der Waals surface area contributed by atoms with Gasteiger partial charge < -0.3 is 10.5 Å². The number of hydrogen-bond donors (Lipinski definition) is 1. The van der Waals surface area contributed by atoms with Gasteiger partial charge in [-0.3, -0.25) is 0 Å². The molecule has 1 fully saturated rings. The molecule has 0 aromatic heterocycles. The molecule has 0 amide bonds. The molecule has 2 rings (SSSR count). The number of nitrogens with zero attached hydrogens (tertiary/aromatic N) is 1. The zero-order chi connectivity index (χ0) is 14.2. The van der Waals surface area contributed by atoms with Crippen LogP contribution in [0, 0.1) is 5.82 Å². The standard InChI is InChI=1S/C12H17FN2O3S/c1-8-7-18-9(2)6-15(8)19(16,17)12-5-10(14)3-4-11(12)13/h3-5,8-9H,6-7,14H2,1-2H3. The number of morpholine rings is 1. The molecule has 0 spiro atoms. The third-order valence-corrected chi connectivity index (χ3v) is 5.09. The van der Waals surface area contributed by atoms with E-state index in [1.807, 2.05) is 0 Å². The van der Waals surface area contributed by atoms with Crippen LogP contribution in [0.25, 0.3) is 0 Å². The van der Waals surface area contributed by atoms with Crippen LogP contribution in [0.3, 0.4) is 0 Å². The highest BCUT2D eigenvalue weighted by Gasteiger charge is 2.35. The molecular formula is C12H17FN2O3S. The molecule has 0 radical (unpaired) electrons. The molecule has 1 saturated heterocycles. The van der Waals surface area contributed by atoms with Crippen molar-refractivity contribution in [3.05, 3.63) is 24.0 Å². The van der Waals surface area contributed by atoms with Crippen LogP contribution < -0.4 is 5.73 Å². The van der Waals surface area contributed by atoms with Crippen LogP contribution in [0.4, 0.5) is 10.1 Å². The smallest absolute Gasteiger partial charge is 0.246 e. The van der Waals surface area contributed by atoms with Crippen LogP contribution in [0.5, 0.6) is 0 Å². The first-order chi connectivity index (χ1) is 8.82. The summed E-state index contributed by atoms with van der Waals surface area (Å²) in [6, 6.07) is 3.22. The van der Waals surface area contributed by atoms with E-state index in [-0.39, 0.29) is 29.3 Å². The van der Waals surface area contributed by atoms with Gasteiger partial charge in [0.15, 0.2) is 0 Å². The Hall–Kier alpha value is -1.18. The van der Waals surface area contributed by atoms with E-state index in [1.54, 1.807) is 13.8 Å². The van der Waals surface area contributed by atoms with Gasteiger partial charge in [-0.15, -0.1) is 0 Å². The predicted octanol–water partition coefficient (Wildman–Crippen LogP) is 1.21. The zero-order valence-corrected chi connectivity index (χ0v) is 11.7. The van der Waals surface area contributed by atoms with Gasteiger partial charge in [-0.2, -0.15) is 4.31 Å². The lowest BCUT2D eigenvalue weighted by Crippen LogP contribution is -2.50. The van der Waals surface area contributed by atoms with Crippen molar-refractivity contribution < 1.29 is 17.5 Å².